The minimum Gasteiger partial charge on any atom is -0.347 e. The first-order valence-corrected chi connectivity index (χ1v) is 6.30. The normalized spacial score (nSPS) is 23.4. The van der Waals surface area contributed by atoms with Gasteiger partial charge in [-0.2, -0.15) is 0 Å². The summed E-state index contributed by atoms with van der Waals surface area (Å²) in [6, 6.07) is 5.95. The molecule has 0 spiro atoms. The minimum atomic E-state index is -0.524. The lowest BCUT2D eigenvalue weighted by Gasteiger charge is -2.15. The van der Waals surface area contributed by atoms with E-state index < -0.39 is 5.79 Å². The van der Waals surface area contributed by atoms with Gasteiger partial charge in [-0.1, -0.05) is 15.9 Å². The van der Waals surface area contributed by atoms with E-state index in [9.17, 15) is 0 Å². The van der Waals surface area contributed by atoms with Crippen LogP contribution in [-0.2, 0) is 9.47 Å². The van der Waals surface area contributed by atoms with Crippen LogP contribution in [0, 0.1) is 0 Å². The third-order valence-electron chi connectivity index (χ3n) is 2.78. The molecule has 1 aliphatic heterocycles. The lowest BCUT2D eigenvalue weighted by molar-refractivity contribution is -0.139. The van der Waals surface area contributed by atoms with Crippen molar-refractivity contribution in [1.82, 2.24) is 9.97 Å². The number of rotatable bonds is 1. The SMILES string of the molecule is CC1(C)OC[C@H](c2nc3ccc(Br)cc3[nH]2)O1. The van der Waals surface area contributed by atoms with Crippen molar-refractivity contribution >= 4 is 27.0 Å². The molecule has 1 fully saturated rings. The van der Waals surface area contributed by atoms with Crippen molar-refractivity contribution in [3.8, 4) is 0 Å². The van der Waals surface area contributed by atoms with Gasteiger partial charge >= 0.3 is 0 Å². The summed E-state index contributed by atoms with van der Waals surface area (Å²) in [5.74, 6) is 0.299. The second kappa shape index (κ2) is 3.80. The first-order valence-electron chi connectivity index (χ1n) is 5.50. The number of imidazole rings is 1. The molecule has 0 aliphatic carbocycles. The third kappa shape index (κ3) is 2.10. The molecule has 17 heavy (non-hydrogen) atoms. The summed E-state index contributed by atoms with van der Waals surface area (Å²) in [7, 11) is 0. The van der Waals surface area contributed by atoms with Crippen LogP contribution < -0.4 is 0 Å². The van der Waals surface area contributed by atoms with Gasteiger partial charge in [0.1, 0.15) is 11.9 Å². The van der Waals surface area contributed by atoms with Gasteiger partial charge < -0.3 is 14.5 Å². The molecule has 1 aliphatic rings. The Balaban J connectivity index is 1.96. The molecular weight excluding hydrogens is 284 g/mol. The molecule has 0 radical (unpaired) electrons. The van der Waals surface area contributed by atoms with E-state index in [1.54, 1.807) is 0 Å². The van der Waals surface area contributed by atoms with Crippen molar-refractivity contribution in [2.45, 2.75) is 25.7 Å². The molecule has 1 saturated heterocycles. The Morgan fingerprint density at radius 2 is 2.29 bits per heavy atom. The summed E-state index contributed by atoms with van der Waals surface area (Å²) in [6.07, 6.45) is -0.115. The average molecular weight is 297 g/mol. The Morgan fingerprint density at radius 3 is 3.00 bits per heavy atom. The Bertz CT molecular complexity index is 565. The topological polar surface area (TPSA) is 47.1 Å². The van der Waals surface area contributed by atoms with Crippen molar-refractivity contribution in [2.75, 3.05) is 6.61 Å². The van der Waals surface area contributed by atoms with Crippen LogP contribution in [0.1, 0.15) is 25.8 Å². The van der Waals surface area contributed by atoms with Crippen molar-refractivity contribution in [3.63, 3.8) is 0 Å². The fourth-order valence-electron chi connectivity index (χ4n) is 1.98. The fraction of sp³-hybridized carbons (Fsp3) is 0.417. The summed E-state index contributed by atoms with van der Waals surface area (Å²) in [5, 5.41) is 0. The van der Waals surface area contributed by atoms with Gasteiger partial charge in [0.15, 0.2) is 5.79 Å². The molecule has 1 N–H and O–H groups in total. The van der Waals surface area contributed by atoms with E-state index in [1.807, 2.05) is 32.0 Å². The summed E-state index contributed by atoms with van der Waals surface area (Å²) in [4.78, 5) is 7.79. The molecule has 2 heterocycles. The van der Waals surface area contributed by atoms with Gasteiger partial charge in [0.2, 0.25) is 0 Å². The van der Waals surface area contributed by atoms with Gasteiger partial charge in [-0.05, 0) is 32.0 Å². The zero-order chi connectivity index (χ0) is 12.0. The van der Waals surface area contributed by atoms with E-state index in [2.05, 4.69) is 25.9 Å². The molecule has 5 heteroatoms. The molecule has 0 bridgehead atoms. The maximum atomic E-state index is 5.77. The number of halogens is 1. The van der Waals surface area contributed by atoms with Gasteiger partial charge in [-0.25, -0.2) is 4.98 Å². The Morgan fingerprint density at radius 1 is 1.47 bits per heavy atom. The lowest BCUT2D eigenvalue weighted by atomic mass is 10.3. The van der Waals surface area contributed by atoms with E-state index in [0.29, 0.717) is 6.61 Å². The van der Waals surface area contributed by atoms with Gasteiger partial charge in [-0.3, -0.25) is 0 Å². The number of H-pyrrole nitrogens is 1. The second-order valence-electron chi connectivity index (χ2n) is 4.60. The number of ether oxygens (including phenoxy) is 2. The highest BCUT2D eigenvalue weighted by Gasteiger charge is 2.35. The monoisotopic (exact) mass is 296 g/mol. The number of hydrogen-bond donors (Lipinski definition) is 1. The largest absolute Gasteiger partial charge is 0.347 e. The van der Waals surface area contributed by atoms with Crippen LogP contribution in [0.15, 0.2) is 22.7 Å². The molecule has 0 saturated carbocycles. The number of benzene rings is 1. The van der Waals surface area contributed by atoms with Crippen LogP contribution >= 0.6 is 15.9 Å². The van der Waals surface area contributed by atoms with Crippen LogP contribution in [0.4, 0.5) is 0 Å². The van der Waals surface area contributed by atoms with Crippen molar-refractivity contribution in [2.24, 2.45) is 0 Å². The first-order chi connectivity index (χ1) is 8.03. The molecule has 0 unspecified atom stereocenters. The zero-order valence-electron chi connectivity index (χ0n) is 9.66. The highest BCUT2D eigenvalue weighted by molar-refractivity contribution is 9.10. The Kier molecular flexibility index (Phi) is 2.50. The van der Waals surface area contributed by atoms with Crippen molar-refractivity contribution in [1.29, 1.82) is 0 Å². The predicted octanol–water partition coefficient (Wildman–Crippen LogP) is 3.15. The number of hydrogen-bond acceptors (Lipinski definition) is 3. The maximum absolute atomic E-state index is 5.77. The number of aromatic amines is 1. The summed E-state index contributed by atoms with van der Waals surface area (Å²) in [5.41, 5.74) is 1.94. The molecule has 1 aromatic carbocycles. The van der Waals surface area contributed by atoms with Gasteiger partial charge in [-0.15, -0.1) is 0 Å². The number of nitrogens with one attached hydrogen (secondary N) is 1. The van der Waals surface area contributed by atoms with E-state index >= 15 is 0 Å². The standard InChI is InChI=1S/C12H13BrN2O2/c1-12(2)16-6-10(17-12)11-14-8-4-3-7(13)5-9(8)15-11/h3-5,10H,6H2,1-2H3,(H,14,15)/t10-/m1/s1. The average Bonchev–Trinajstić information content (AvgIpc) is 2.80. The molecule has 1 aromatic heterocycles. The number of aromatic nitrogens is 2. The lowest BCUT2D eigenvalue weighted by Crippen LogP contribution is -2.19. The van der Waals surface area contributed by atoms with Crippen LogP contribution in [0.3, 0.4) is 0 Å². The molecule has 3 rings (SSSR count). The van der Waals surface area contributed by atoms with E-state index in [0.717, 1.165) is 21.3 Å². The third-order valence-corrected chi connectivity index (χ3v) is 3.27. The van der Waals surface area contributed by atoms with Crippen LogP contribution in [0.5, 0.6) is 0 Å². The van der Waals surface area contributed by atoms with Crippen LogP contribution in [0.2, 0.25) is 0 Å². The van der Waals surface area contributed by atoms with Crippen LogP contribution in [-0.4, -0.2) is 22.4 Å². The van der Waals surface area contributed by atoms with Crippen molar-refractivity contribution in [3.05, 3.63) is 28.5 Å². The van der Waals surface area contributed by atoms with E-state index in [4.69, 9.17) is 9.47 Å². The van der Waals surface area contributed by atoms with E-state index in [1.165, 1.54) is 0 Å². The van der Waals surface area contributed by atoms with Gasteiger partial charge in [0.05, 0.1) is 17.6 Å². The smallest absolute Gasteiger partial charge is 0.164 e. The maximum Gasteiger partial charge on any atom is 0.164 e. The molecule has 2 aromatic rings. The van der Waals surface area contributed by atoms with Crippen molar-refractivity contribution < 1.29 is 9.47 Å². The molecule has 0 amide bonds. The van der Waals surface area contributed by atoms with Gasteiger partial charge in [0, 0.05) is 4.47 Å². The highest BCUT2D eigenvalue weighted by atomic mass is 79.9. The Hall–Kier alpha value is -0.910. The quantitative estimate of drug-likeness (QED) is 0.879. The molecule has 90 valence electrons. The molecular formula is C12H13BrN2O2. The minimum absolute atomic E-state index is 0.115. The fourth-order valence-corrected chi connectivity index (χ4v) is 2.34. The highest BCUT2D eigenvalue weighted by Crippen LogP contribution is 2.32. The second-order valence-corrected chi connectivity index (χ2v) is 5.52. The van der Waals surface area contributed by atoms with Gasteiger partial charge in [0.25, 0.3) is 0 Å². The number of nitrogens with zero attached hydrogens (tertiary/aromatic N) is 1. The first kappa shape index (κ1) is 11.2. The Labute approximate surface area is 107 Å². The number of fused-ring (bicyclic) bond motifs is 1. The summed E-state index contributed by atoms with van der Waals surface area (Å²) < 4.78 is 12.3. The summed E-state index contributed by atoms with van der Waals surface area (Å²) in [6.45, 7) is 4.35. The van der Waals surface area contributed by atoms with E-state index in [-0.39, 0.29) is 6.10 Å². The zero-order valence-corrected chi connectivity index (χ0v) is 11.2. The molecule has 1 atom stereocenters. The predicted molar refractivity (Wildman–Crippen MR) is 67.7 cm³/mol. The molecule has 4 nitrogen and oxygen atoms in total. The van der Waals surface area contributed by atoms with Crippen LogP contribution in [0.25, 0.3) is 11.0 Å². The summed E-state index contributed by atoms with van der Waals surface area (Å²) >= 11 is 3.44.